The van der Waals surface area contributed by atoms with E-state index in [2.05, 4.69) is 15.4 Å². The first-order chi connectivity index (χ1) is 19.6. The van der Waals surface area contributed by atoms with Crippen LogP contribution < -0.4 is 10.1 Å². The van der Waals surface area contributed by atoms with E-state index >= 15 is 0 Å². The summed E-state index contributed by atoms with van der Waals surface area (Å²) in [7, 11) is 1.14. The summed E-state index contributed by atoms with van der Waals surface area (Å²) >= 11 is 6.09. The van der Waals surface area contributed by atoms with Gasteiger partial charge in [-0.3, -0.25) is 4.79 Å². The molecule has 4 saturated carbocycles. The Hall–Kier alpha value is -3.07. The minimum absolute atomic E-state index is 0.0621. The van der Waals surface area contributed by atoms with Crippen LogP contribution in [-0.4, -0.2) is 34.3 Å². The maximum Gasteiger partial charge on any atom is 0.421 e. The monoisotopic (exact) mass is 586 g/mol. The molecule has 1 amide bonds. The van der Waals surface area contributed by atoms with Gasteiger partial charge in [-0.05, 0) is 99.7 Å². The summed E-state index contributed by atoms with van der Waals surface area (Å²) in [6.07, 6.45) is 5.55. The number of halogens is 4. The van der Waals surface area contributed by atoms with Gasteiger partial charge in [-0.1, -0.05) is 23.7 Å². The molecule has 6 nitrogen and oxygen atoms in total. The van der Waals surface area contributed by atoms with Gasteiger partial charge in [-0.15, -0.1) is 0 Å². The number of rotatable bonds is 8. The maximum atomic E-state index is 13.8. The number of carbonyl (C=O) groups excluding carboxylic acids is 1. The summed E-state index contributed by atoms with van der Waals surface area (Å²) < 4.78 is 47.5. The summed E-state index contributed by atoms with van der Waals surface area (Å²) in [6, 6.07) is 7.80. The highest BCUT2D eigenvalue weighted by Gasteiger charge is 2.47. The van der Waals surface area contributed by atoms with Crippen molar-refractivity contribution in [1.82, 2.24) is 20.1 Å². The van der Waals surface area contributed by atoms with Crippen molar-refractivity contribution in [3.8, 4) is 22.8 Å². The topological polar surface area (TPSA) is 69.0 Å². The first kappa shape index (κ1) is 28.1. The quantitative estimate of drug-likeness (QED) is 0.277. The fourth-order valence-corrected chi connectivity index (χ4v) is 8.03. The molecule has 0 aliphatic heterocycles. The van der Waals surface area contributed by atoms with Crippen LogP contribution in [0, 0.1) is 36.5 Å². The number of ether oxygens (including phenoxy) is 1. The third-order valence-electron chi connectivity index (χ3n) is 9.46. The highest BCUT2D eigenvalue weighted by molar-refractivity contribution is 6.30. The summed E-state index contributed by atoms with van der Waals surface area (Å²) in [5.41, 5.74) is 0.894. The third-order valence-corrected chi connectivity index (χ3v) is 9.71. The molecule has 2 heterocycles. The van der Waals surface area contributed by atoms with Crippen LogP contribution in [0.5, 0.6) is 5.88 Å². The van der Waals surface area contributed by atoms with Gasteiger partial charge in [0.15, 0.2) is 5.69 Å². The van der Waals surface area contributed by atoms with Gasteiger partial charge < -0.3 is 10.1 Å². The van der Waals surface area contributed by atoms with Crippen LogP contribution in [0.4, 0.5) is 13.2 Å². The van der Waals surface area contributed by atoms with Gasteiger partial charge in [0, 0.05) is 22.7 Å². The van der Waals surface area contributed by atoms with Crippen molar-refractivity contribution >= 4 is 17.5 Å². The molecule has 4 bridgehead atoms. The van der Waals surface area contributed by atoms with E-state index in [1.165, 1.54) is 43.0 Å². The van der Waals surface area contributed by atoms with E-state index in [1.54, 1.807) is 31.2 Å². The van der Waals surface area contributed by atoms with E-state index in [9.17, 15) is 18.0 Å². The van der Waals surface area contributed by atoms with Crippen molar-refractivity contribution in [2.45, 2.75) is 58.0 Å². The van der Waals surface area contributed by atoms with Crippen molar-refractivity contribution in [2.75, 3.05) is 13.7 Å². The lowest BCUT2D eigenvalue weighted by Crippen LogP contribution is -2.45. The Labute approximate surface area is 242 Å². The highest BCUT2D eigenvalue weighted by Crippen LogP contribution is 2.57. The van der Waals surface area contributed by atoms with E-state index < -0.39 is 17.6 Å². The van der Waals surface area contributed by atoms with Gasteiger partial charge in [0.25, 0.3) is 5.91 Å². The number of pyridine rings is 1. The molecule has 0 saturated heterocycles. The zero-order valence-corrected chi connectivity index (χ0v) is 23.9. The number of nitrogens with one attached hydrogen (secondary N) is 1. The second kappa shape index (κ2) is 11.0. The Balaban J connectivity index is 1.23. The summed E-state index contributed by atoms with van der Waals surface area (Å²) in [5, 5.41) is 8.04. The van der Waals surface area contributed by atoms with E-state index in [0.717, 1.165) is 55.6 Å². The smallest absolute Gasteiger partial charge is 0.421 e. The zero-order chi connectivity index (χ0) is 28.9. The van der Waals surface area contributed by atoms with Crippen LogP contribution in [0.3, 0.4) is 0 Å². The number of nitrogens with zero attached hydrogens (tertiary/aromatic N) is 3. The Morgan fingerprint density at radius 3 is 2.37 bits per heavy atom. The van der Waals surface area contributed by atoms with Gasteiger partial charge in [0.1, 0.15) is 5.56 Å². The minimum atomic E-state index is -4.69. The lowest BCUT2D eigenvalue weighted by Gasteiger charge is -2.54. The number of benzene rings is 1. The Morgan fingerprint density at radius 1 is 1.10 bits per heavy atom. The molecule has 1 N–H and O–H groups in total. The Morgan fingerprint density at radius 2 is 1.76 bits per heavy atom. The van der Waals surface area contributed by atoms with Gasteiger partial charge in [-0.25, -0.2) is 9.67 Å². The van der Waals surface area contributed by atoms with Crippen molar-refractivity contribution in [3.05, 3.63) is 58.4 Å². The molecule has 0 atom stereocenters. The number of hydrogen-bond donors (Lipinski definition) is 1. The van der Waals surface area contributed by atoms with Crippen LogP contribution in [0.25, 0.3) is 16.9 Å². The van der Waals surface area contributed by atoms with E-state index in [1.807, 2.05) is 0 Å². The average Bonchev–Trinajstić information content (AvgIpc) is 3.28. The molecule has 4 fully saturated rings. The van der Waals surface area contributed by atoms with Gasteiger partial charge in [0.05, 0.1) is 24.7 Å². The lowest BCUT2D eigenvalue weighted by molar-refractivity contribution is -0.139. The fraction of sp³-hybridized carbons (Fsp3) is 0.516. The largest absolute Gasteiger partial charge is 0.481 e. The van der Waals surface area contributed by atoms with Crippen molar-refractivity contribution in [1.29, 1.82) is 0 Å². The fourth-order valence-electron chi connectivity index (χ4n) is 7.90. The van der Waals surface area contributed by atoms with Crippen LogP contribution >= 0.6 is 11.6 Å². The molecular weight excluding hydrogens is 553 g/mol. The number of methoxy groups -OCH3 is 1. The van der Waals surface area contributed by atoms with Crippen LogP contribution in [0.15, 0.2) is 36.5 Å². The van der Waals surface area contributed by atoms with Crippen molar-refractivity contribution in [3.63, 3.8) is 0 Å². The second-order valence-electron chi connectivity index (χ2n) is 12.0. The standard InChI is InChI=1S/C31H34ClF3N4O2/c1-17-27(29(40)36-9-3-4-25-21-11-18-10-19(13-21)14-22(25)12-18)38-39(28(17)20-5-7-23(32)8-6-20)24-15-26(31(33,34)35)30(41-2)37-16-24/h5-8,15-16,18-19,21-22,25H,3-4,9-14H2,1-2H3,(H,36,40). The molecule has 0 radical (unpaired) electrons. The van der Waals surface area contributed by atoms with Gasteiger partial charge in [-0.2, -0.15) is 18.3 Å². The SMILES string of the molecule is COc1ncc(-n2nc(C(=O)NCCCC3C4CC5CC(C4)CC3C5)c(C)c2-c2ccc(Cl)cc2)cc1C(F)(F)F. The normalized spacial score (nSPS) is 25.0. The predicted octanol–water partition coefficient (Wildman–Crippen LogP) is 7.51. The predicted molar refractivity (Wildman–Crippen MR) is 150 cm³/mol. The summed E-state index contributed by atoms with van der Waals surface area (Å²) in [5.74, 6) is 3.46. The molecule has 41 heavy (non-hydrogen) atoms. The molecular formula is C31H34ClF3N4O2. The molecule has 7 rings (SSSR count). The van der Waals surface area contributed by atoms with Crippen LogP contribution in [0.1, 0.15) is 66.6 Å². The highest BCUT2D eigenvalue weighted by atomic mass is 35.5. The number of hydrogen-bond acceptors (Lipinski definition) is 4. The van der Waals surface area contributed by atoms with Crippen molar-refractivity contribution < 1.29 is 22.7 Å². The molecule has 0 unspecified atom stereocenters. The second-order valence-corrected chi connectivity index (χ2v) is 12.4. The Kier molecular flexibility index (Phi) is 7.51. The molecule has 4 aliphatic rings. The molecule has 218 valence electrons. The summed E-state index contributed by atoms with van der Waals surface area (Å²) in [4.78, 5) is 17.2. The van der Waals surface area contributed by atoms with E-state index in [-0.39, 0.29) is 17.3 Å². The number of alkyl halides is 3. The molecule has 4 aliphatic carbocycles. The molecule has 1 aromatic carbocycles. The number of carbonyl (C=O) groups is 1. The molecule has 3 aromatic rings. The number of amides is 1. The van der Waals surface area contributed by atoms with Gasteiger partial charge in [0.2, 0.25) is 5.88 Å². The first-order valence-electron chi connectivity index (χ1n) is 14.4. The first-order valence-corrected chi connectivity index (χ1v) is 14.8. The van der Waals surface area contributed by atoms with Crippen molar-refractivity contribution in [2.24, 2.45) is 29.6 Å². The molecule has 10 heteroatoms. The average molecular weight is 587 g/mol. The minimum Gasteiger partial charge on any atom is -0.481 e. The van der Waals surface area contributed by atoms with Crippen LogP contribution in [-0.2, 0) is 6.18 Å². The zero-order valence-electron chi connectivity index (χ0n) is 23.2. The van der Waals surface area contributed by atoms with Gasteiger partial charge >= 0.3 is 6.18 Å². The maximum absolute atomic E-state index is 13.8. The van der Waals surface area contributed by atoms with E-state index in [0.29, 0.717) is 28.4 Å². The molecule has 0 spiro atoms. The summed E-state index contributed by atoms with van der Waals surface area (Å²) in [6.45, 7) is 2.28. The van der Waals surface area contributed by atoms with E-state index in [4.69, 9.17) is 16.3 Å². The molecule has 2 aromatic heterocycles. The third kappa shape index (κ3) is 5.45. The lowest BCUT2D eigenvalue weighted by atomic mass is 9.51. The Bertz CT molecular complexity index is 1410. The number of aromatic nitrogens is 3. The van der Waals surface area contributed by atoms with Crippen LogP contribution in [0.2, 0.25) is 5.02 Å².